The first-order chi connectivity index (χ1) is 15.3. The molecule has 0 bridgehead atoms. The molecule has 0 atom stereocenters. The molecule has 2 heterocycles. The van der Waals surface area contributed by atoms with Gasteiger partial charge in [0.15, 0.2) is 5.94 Å². The number of anilines is 1. The van der Waals surface area contributed by atoms with Gasteiger partial charge in [-0.05, 0) is 79.7 Å². The number of dihydropyridines is 1. The monoisotopic (exact) mass is 521 g/mol. The molecule has 172 valence electrons. The molecule has 2 aliphatic rings. The average molecular weight is 523 g/mol. The van der Waals surface area contributed by atoms with Gasteiger partial charge in [0.2, 0.25) is 0 Å². The summed E-state index contributed by atoms with van der Waals surface area (Å²) in [7, 11) is 0. The number of ether oxygens (including phenoxy) is 1. The van der Waals surface area contributed by atoms with E-state index in [-0.39, 0.29) is 12.5 Å². The quantitative estimate of drug-likeness (QED) is 0.531. The maximum atomic E-state index is 13.3. The second-order valence-corrected chi connectivity index (χ2v) is 9.33. The van der Waals surface area contributed by atoms with Gasteiger partial charge in [-0.15, -0.1) is 0 Å². The zero-order chi connectivity index (χ0) is 23.4. The Morgan fingerprint density at radius 3 is 2.66 bits per heavy atom. The third kappa shape index (κ3) is 5.12. The van der Waals surface area contributed by atoms with Crippen molar-refractivity contribution in [3.8, 4) is 0 Å². The van der Waals surface area contributed by atoms with Crippen molar-refractivity contribution in [1.82, 2.24) is 10.6 Å². The fourth-order valence-corrected chi connectivity index (χ4v) is 5.08. The van der Waals surface area contributed by atoms with Crippen LogP contribution in [-0.2, 0) is 9.53 Å². The minimum atomic E-state index is -0.282. The van der Waals surface area contributed by atoms with Crippen LogP contribution in [0.15, 0.2) is 39.2 Å². The molecule has 0 saturated carbocycles. The number of carbonyl (C=O) groups is 1. The predicted octanol–water partition coefficient (Wildman–Crippen LogP) is 4.69. The molecule has 0 aliphatic carbocycles. The van der Waals surface area contributed by atoms with Crippen molar-refractivity contribution < 1.29 is 14.3 Å². The van der Waals surface area contributed by atoms with Crippen LogP contribution in [0.2, 0.25) is 5.02 Å². The molecule has 1 fully saturated rings. The summed E-state index contributed by atoms with van der Waals surface area (Å²) in [5.74, 6) is 1.65. The van der Waals surface area contributed by atoms with Crippen LogP contribution in [0.3, 0.4) is 0 Å². The Morgan fingerprint density at radius 2 is 2.03 bits per heavy atom. The first-order valence-electron chi connectivity index (χ1n) is 10.8. The van der Waals surface area contributed by atoms with Crippen LogP contribution in [0, 0.1) is 6.92 Å². The van der Waals surface area contributed by atoms with Crippen LogP contribution in [0.25, 0.3) is 0 Å². The molecule has 3 rings (SSSR count). The molecular formula is C24H29BrClN3O3. The number of allylic oxidation sites excluding steroid dienone is 3. The SMILES string of the molecule is CCN(c1cc(Br)c(Cl)c(C(=O)NCC2=C(C)C=C(C)NC2=C=O)c1C)C1CCOCC1. The number of rotatable bonds is 6. The Bertz CT molecular complexity index is 1020. The molecule has 2 N–H and O–H groups in total. The van der Waals surface area contributed by atoms with Gasteiger partial charge in [-0.1, -0.05) is 11.6 Å². The van der Waals surface area contributed by atoms with Crippen LogP contribution in [-0.4, -0.2) is 44.2 Å². The molecule has 1 saturated heterocycles. The molecule has 1 amide bonds. The lowest BCUT2D eigenvalue weighted by atomic mass is 10.00. The minimum absolute atomic E-state index is 0.196. The van der Waals surface area contributed by atoms with Gasteiger partial charge >= 0.3 is 0 Å². The lowest BCUT2D eigenvalue weighted by Gasteiger charge is -2.37. The van der Waals surface area contributed by atoms with E-state index in [0.717, 1.165) is 55.1 Å². The Labute approximate surface area is 202 Å². The second-order valence-electron chi connectivity index (χ2n) is 8.09. The number of hydrogen-bond acceptors (Lipinski definition) is 5. The Balaban J connectivity index is 1.91. The summed E-state index contributed by atoms with van der Waals surface area (Å²) in [6.07, 6.45) is 3.83. The van der Waals surface area contributed by atoms with E-state index < -0.39 is 0 Å². The van der Waals surface area contributed by atoms with Crippen molar-refractivity contribution in [2.45, 2.75) is 46.6 Å². The van der Waals surface area contributed by atoms with Crippen LogP contribution < -0.4 is 15.5 Å². The third-order valence-electron chi connectivity index (χ3n) is 6.02. The molecule has 2 aliphatic heterocycles. The molecule has 1 aromatic rings. The predicted molar refractivity (Wildman–Crippen MR) is 132 cm³/mol. The highest BCUT2D eigenvalue weighted by Crippen LogP contribution is 2.37. The molecule has 0 unspecified atom stereocenters. The number of amides is 1. The van der Waals surface area contributed by atoms with Crippen LogP contribution >= 0.6 is 27.5 Å². The standard InChI is InChI=1S/C24H29BrClN3O3/c1-5-29(17-6-8-32-9-7-17)21-11-19(25)23(26)22(16(21)4)24(31)27-12-18-14(2)10-15(3)28-20(18)13-30/h10-11,17,28H,5-9,12H2,1-4H3,(H,27,31). The van der Waals surface area contributed by atoms with Crippen LogP contribution in [0.4, 0.5) is 5.69 Å². The topological polar surface area (TPSA) is 70.7 Å². The average Bonchev–Trinajstić information content (AvgIpc) is 2.77. The van der Waals surface area contributed by atoms with Crippen LogP contribution in [0.5, 0.6) is 0 Å². The lowest BCUT2D eigenvalue weighted by molar-refractivity contribution is 0.0846. The van der Waals surface area contributed by atoms with Gasteiger partial charge in [0.1, 0.15) is 5.70 Å². The zero-order valence-corrected chi connectivity index (χ0v) is 21.2. The maximum Gasteiger partial charge on any atom is 0.253 e. The van der Waals surface area contributed by atoms with E-state index >= 15 is 0 Å². The zero-order valence-electron chi connectivity index (χ0n) is 18.9. The van der Waals surface area contributed by atoms with E-state index in [1.165, 1.54) is 0 Å². The summed E-state index contributed by atoms with van der Waals surface area (Å²) in [5, 5.41) is 6.32. The molecule has 0 aromatic heterocycles. The second kappa shape index (κ2) is 10.7. The number of hydrogen-bond donors (Lipinski definition) is 2. The fourth-order valence-electron chi connectivity index (χ4n) is 4.38. The first kappa shape index (κ1) is 24.6. The van der Waals surface area contributed by atoms with E-state index in [0.29, 0.717) is 32.4 Å². The molecule has 0 radical (unpaired) electrons. The van der Waals surface area contributed by atoms with Gasteiger partial charge in [-0.3, -0.25) is 4.79 Å². The number of nitrogens with zero attached hydrogens (tertiary/aromatic N) is 1. The summed E-state index contributed by atoms with van der Waals surface area (Å²) < 4.78 is 6.20. The smallest absolute Gasteiger partial charge is 0.253 e. The van der Waals surface area contributed by atoms with Gasteiger partial charge in [-0.2, -0.15) is 0 Å². The molecule has 6 nitrogen and oxygen atoms in total. The molecular weight excluding hydrogens is 494 g/mol. The molecule has 8 heteroatoms. The number of carbonyl (C=O) groups excluding carboxylic acids is 2. The van der Waals surface area contributed by atoms with Crippen molar-refractivity contribution in [3.05, 3.63) is 55.3 Å². The van der Waals surface area contributed by atoms with Crippen LogP contribution in [0.1, 0.15) is 49.5 Å². The Kier molecular flexibility index (Phi) is 8.23. The van der Waals surface area contributed by atoms with E-state index in [1.807, 2.05) is 38.9 Å². The summed E-state index contributed by atoms with van der Waals surface area (Å²) in [4.78, 5) is 27.0. The highest BCUT2D eigenvalue weighted by atomic mass is 79.9. The van der Waals surface area contributed by atoms with Gasteiger partial charge in [0, 0.05) is 53.8 Å². The van der Waals surface area contributed by atoms with Gasteiger partial charge < -0.3 is 20.3 Å². The van der Waals surface area contributed by atoms with Crippen molar-refractivity contribution in [3.63, 3.8) is 0 Å². The van der Waals surface area contributed by atoms with E-state index in [4.69, 9.17) is 16.3 Å². The number of halogens is 2. The molecule has 0 spiro atoms. The Hall–Kier alpha value is -2.05. The lowest BCUT2D eigenvalue weighted by Crippen LogP contribution is -2.40. The van der Waals surface area contributed by atoms with Crippen molar-refractivity contribution in [2.75, 3.05) is 31.2 Å². The highest BCUT2D eigenvalue weighted by Gasteiger charge is 2.27. The molecule has 1 aromatic carbocycles. The maximum absolute atomic E-state index is 13.3. The number of nitrogens with one attached hydrogen (secondary N) is 2. The van der Waals surface area contributed by atoms with E-state index in [2.05, 4.69) is 38.4 Å². The van der Waals surface area contributed by atoms with Gasteiger partial charge in [-0.25, -0.2) is 4.79 Å². The third-order valence-corrected chi connectivity index (χ3v) is 7.27. The van der Waals surface area contributed by atoms with Gasteiger partial charge in [0.05, 0.1) is 10.6 Å². The Morgan fingerprint density at radius 1 is 1.34 bits per heavy atom. The first-order valence-corrected chi connectivity index (χ1v) is 12.0. The van der Waals surface area contributed by atoms with E-state index in [1.54, 1.807) is 0 Å². The number of benzene rings is 1. The summed E-state index contributed by atoms with van der Waals surface area (Å²) in [6.45, 7) is 10.3. The summed E-state index contributed by atoms with van der Waals surface area (Å²) >= 11 is 10.1. The summed E-state index contributed by atoms with van der Waals surface area (Å²) in [6, 6.07) is 2.35. The fraction of sp³-hybridized carbons (Fsp3) is 0.458. The largest absolute Gasteiger partial charge is 0.381 e. The highest BCUT2D eigenvalue weighted by molar-refractivity contribution is 9.10. The normalized spacial score (nSPS) is 16.9. The van der Waals surface area contributed by atoms with Gasteiger partial charge in [0.25, 0.3) is 5.91 Å². The van der Waals surface area contributed by atoms with Crippen molar-refractivity contribution in [2.24, 2.45) is 0 Å². The minimum Gasteiger partial charge on any atom is -0.381 e. The van der Waals surface area contributed by atoms with E-state index in [9.17, 15) is 9.59 Å². The van der Waals surface area contributed by atoms with Crippen molar-refractivity contribution >= 4 is 45.1 Å². The van der Waals surface area contributed by atoms with Crippen molar-refractivity contribution in [1.29, 1.82) is 0 Å². The molecule has 32 heavy (non-hydrogen) atoms. The summed E-state index contributed by atoms with van der Waals surface area (Å²) in [5.41, 5.74) is 5.08.